The van der Waals surface area contributed by atoms with Gasteiger partial charge in [0.05, 0.1) is 12.0 Å². The van der Waals surface area contributed by atoms with Crippen molar-refractivity contribution in [3.63, 3.8) is 0 Å². The van der Waals surface area contributed by atoms with Gasteiger partial charge in [-0.2, -0.15) is 0 Å². The lowest BCUT2D eigenvalue weighted by Crippen LogP contribution is -2.52. The van der Waals surface area contributed by atoms with Gasteiger partial charge < -0.3 is 19.1 Å². The molecule has 23 heavy (non-hydrogen) atoms. The van der Waals surface area contributed by atoms with Gasteiger partial charge >= 0.3 is 0 Å². The molecular formula is C17H30N2O4. The quantitative estimate of drug-likeness (QED) is 0.763. The molecule has 0 spiro atoms. The molecule has 3 unspecified atom stereocenters. The second-order valence-corrected chi connectivity index (χ2v) is 6.95. The van der Waals surface area contributed by atoms with Gasteiger partial charge in [-0.05, 0) is 32.2 Å². The zero-order valence-electron chi connectivity index (χ0n) is 14.4. The third-order valence-electron chi connectivity index (χ3n) is 5.69. The molecule has 132 valence electrons. The Morgan fingerprint density at radius 1 is 0.957 bits per heavy atom. The molecule has 3 saturated heterocycles. The van der Waals surface area contributed by atoms with Crippen molar-refractivity contribution in [2.45, 2.75) is 43.9 Å². The lowest BCUT2D eigenvalue weighted by atomic mass is 10.0. The first kappa shape index (κ1) is 17.1. The molecule has 6 heteroatoms. The number of ether oxygens (including phenoxy) is 3. The van der Waals surface area contributed by atoms with E-state index in [0.717, 1.165) is 58.5 Å². The first-order valence-electron chi connectivity index (χ1n) is 8.89. The summed E-state index contributed by atoms with van der Waals surface area (Å²) in [5, 5.41) is 0. The number of methoxy groups -OCH3 is 2. The van der Waals surface area contributed by atoms with Crippen molar-refractivity contribution in [2.24, 2.45) is 5.92 Å². The van der Waals surface area contributed by atoms with Crippen LogP contribution in [0.4, 0.5) is 0 Å². The number of piperidine rings is 1. The highest BCUT2D eigenvalue weighted by Crippen LogP contribution is 2.26. The summed E-state index contributed by atoms with van der Waals surface area (Å²) in [7, 11) is 3.42. The van der Waals surface area contributed by atoms with E-state index in [0.29, 0.717) is 18.5 Å². The van der Waals surface area contributed by atoms with Gasteiger partial charge in [0.15, 0.2) is 0 Å². The smallest absolute Gasteiger partial charge is 0.227 e. The molecule has 0 bridgehead atoms. The molecule has 0 aromatic carbocycles. The third-order valence-corrected chi connectivity index (χ3v) is 5.69. The monoisotopic (exact) mass is 326 g/mol. The molecule has 0 aliphatic carbocycles. The Morgan fingerprint density at radius 2 is 1.70 bits per heavy atom. The van der Waals surface area contributed by atoms with Gasteiger partial charge in [0.25, 0.3) is 0 Å². The second-order valence-electron chi connectivity index (χ2n) is 6.95. The van der Waals surface area contributed by atoms with Crippen LogP contribution in [-0.2, 0) is 19.0 Å². The number of likely N-dealkylation sites (tertiary alicyclic amines) is 2. The Labute approximate surface area is 139 Å². The maximum absolute atomic E-state index is 12.9. The largest absolute Gasteiger partial charge is 0.381 e. The molecular weight excluding hydrogens is 296 g/mol. The van der Waals surface area contributed by atoms with E-state index in [-0.39, 0.29) is 18.1 Å². The van der Waals surface area contributed by atoms with Gasteiger partial charge in [0.2, 0.25) is 5.91 Å². The first-order valence-corrected chi connectivity index (χ1v) is 8.89. The molecule has 0 N–H and O–H groups in total. The number of rotatable bonds is 4. The lowest BCUT2D eigenvalue weighted by molar-refractivity contribution is -0.144. The maximum atomic E-state index is 12.9. The Kier molecular flexibility index (Phi) is 5.91. The minimum atomic E-state index is -0.00861. The van der Waals surface area contributed by atoms with Crippen LogP contribution in [0.1, 0.15) is 25.7 Å². The normalized spacial score (nSPS) is 34.0. The average Bonchev–Trinajstić information content (AvgIpc) is 3.11. The van der Waals surface area contributed by atoms with E-state index >= 15 is 0 Å². The molecule has 3 rings (SSSR count). The van der Waals surface area contributed by atoms with Gasteiger partial charge in [-0.1, -0.05) is 0 Å². The fraction of sp³-hybridized carbons (Fsp3) is 0.941. The van der Waals surface area contributed by atoms with Gasteiger partial charge in [-0.3, -0.25) is 9.69 Å². The Bertz CT molecular complexity index is 400. The summed E-state index contributed by atoms with van der Waals surface area (Å²) < 4.78 is 16.4. The van der Waals surface area contributed by atoms with Gasteiger partial charge in [-0.25, -0.2) is 0 Å². The molecule has 0 radical (unpaired) electrons. The Morgan fingerprint density at radius 3 is 2.39 bits per heavy atom. The number of carbonyl (C=O) groups is 1. The van der Waals surface area contributed by atoms with Gasteiger partial charge in [-0.15, -0.1) is 0 Å². The van der Waals surface area contributed by atoms with Crippen LogP contribution in [0.3, 0.4) is 0 Å². The molecule has 1 amide bonds. The second kappa shape index (κ2) is 7.92. The van der Waals surface area contributed by atoms with Crippen LogP contribution < -0.4 is 0 Å². The third kappa shape index (κ3) is 3.87. The van der Waals surface area contributed by atoms with Crippen molar-refractivity contribution < 1.29 is 19.0 Å². The van der Waals surface area contributed by atoms with Crippen LogP contribution in [0, 0.1) is 5.92 Å². The van der Waals surface area contributed by atoms with Crippen LogP contribution in [0.2, 0.25) is 0 Å². The van der Waals surface area contributed by atoms with Crippen LogP contribution in [0.15, 0.2) is 0 Å². The minimum Gasteiger partial charge on any atom is -0.381 e. The molecule has 3 heterocycles. The highest BCUT2D eigenvalue weighted by atomic mass is 16.5. The maximum Gasteiger partial charge on any atom is 0.227 e. The van der Waals surface area contributed by atoms with Crippen LogP contribution in [0.5, 0.6) is 0 Å². The van der Waals surface area contributed by atoms with Crippen LogP contribution in [0.25, 0.3) is 0 Å². The summed E-state index contributed by atoms with van der Waals surface area (Å²) in [6.07, 6.45) is 4.14. The van der Waals surface area contributed by atoms with E-state index in [2.05, 4.69) is 4.90 Å². The Balaban J connectivity index is 1.52. The lowest BCUT2D eigenvalue weighted by Gasteiger charge is -2.38. The SMILES string of the molecule is COC1CCN(C(=O)C2CCN(C3CCOCC3)C2)CC1OC. The minimum absolute atomic E-state index is 0.00861. The zero-order valence-corrected chi connectivity index (χ0v) is 14.4. The van der Waals surface area contributed by atoms with E-state index in [1.54, 1.807) is 14.2 Å². The number of carbonyl (C=O) groups excluding carboxylic acids is 1. The van der Waals surface area contributed by atoms with Gasteiger partial charge in [0, 0.05) is 53.1 Å². The van der Waals surface area contributed by atoms with E-state index in [1.807, 2.05) is 4.90 Å². The topological polar surface area (TPSA) is 51.2 Å². The van der Waals surface area contributed by atoms with Crippen LogP contribution in [-0.4, -0.2) is 87.6 Å². The van der Waals surface area contributed by atoms with Crippen molar-refractivity contribution in [2.75, 3.05) is 53.6 Å². The molecule has 0 saturated carbocycles. The fourth-order valence-electron chi connectivity index (χ4n) is 4.22. The molecule has 3 aliphatic heterocycles. The summed E-state index contributed by atoms with van der Waals surface area (Å²) in [6.45, 7) is 5.11. The van der Waals surface area contributed by atoms with Crippen molar-refractivity contribution in [3.8, 4) is 0 Å². The standard InChI is InChI=1S/C17H30N2O4/c1-21-15-4-8-19(12-16(15)22-2)17(20)13-3-7-18(11-13)14-5-9-23-10-6-14/h13-16H,3-12H2,1-2H3. The Hall–Kier alpha value is -0.690. The fourth-order valence-corrected chi connectivity index (χ4v) is 4.22. The molecule has 3 atom stereocenters. The predicted molar refractivity (Wildman–Crippen MR) is 86.3 cm³/mol. The summed E-state index contributed by atoms with van der Waals surface area (Å²) in [6, 6.07) is 0.604. The number of hydrogen-bond donors (Lipinski definition) is 0. The van der Waals surface area contributed by atoms with Gasteiger partial charge in [0.1, 0.15) is 6.10 Å². The van der Waals surface area contributed by atoms with Crippen molar-refractivity contribution >= 4 is 5.91 Å². The highest BCUT2D eigenvalue weighted by molar-refractivity contribution is 5.79. The molecule has 0 aromatic heterocycles. The average molecular weight is 326 g/mol. The molecule has 0 aromatic rings. The predicted octanol–water partition coefficient (Wildman–Crippen LogP) is 0.750. The molecule has 6 nitrogen and oxygen atoms in total. The number of hydrogen-bond acceptors (Lipinski definition) is 5. The summed E-state index contributed by atoms with van der Waals surface area (Å²) in [5.74, 6) is 0.450. The number of amides is 1. The van der Waals surface area contributed by atoms with E-state index in [4.69, 9.17) is 14.2 Å². The van der Waals surface area contributed by atoms with Crippen molar-refractivity contribution in [3.05, 3.63) is 0 Å². The van der Waals surface area contributed by atoms with Crippen molar-refractivity contribution in [1.82, 2.24) is 9.80 Å². The molecule has 3 aliphatic rings. The first-order chi connectivity index (χ1) is 11.2. The highest BCUT2D eigenvalue weighted by Gasteiger charge is 2.38. The van der Waals surface area contributed by atoms with E-state index in [1.165, 1.54) is 0 Å². The molecule has 3 fully saturated rings. The van der Waals surface area contributed by atoms with E-state index < -0.39 is 0 Å². The zero-order chi connectivity index (χ0) is 16.2. The van der Waals surface area contributed by atoms with E-state index in [9.17, 15) is 4.79 Å². The summed E-state index contributed by atoms with van der Waals surface area (Å²) in [5.41, 5.74) is 0. The summed E-state index contributed by atoms with van der Waals surface area (Å²) in [4.78, 5) is 17.4. The van der Waals surface area contributed by atoms with Crippen LogP contribution >= 0.6 is 0 Å². The van der Waals surface area contributed by atoms with Crippen molar-refractivity contribution in [1.29, 1.82) is 0 Å². The number of nitrogens with zero attached hydrogens (tertiary/aromatic N) is 2. The summed E-state index contributed by atoms with van der Waals surface area (Å²) >= 11 is 0.